The van der Waals surface area contributed by atoms with Crippen LogP contribution in [0.2, 0.25) is 0 Å². The molecule has 0 spiro atoms. The smallest absolute Gasteiger partial charge is 0.325 e. The summed E-state index contributed by atoms with van der Waals surface area (Å²) in [5.41, 5.74) is 5.18. The highest BCUT2D eigenvalue weighted by Gasteiger charge is 2.15. The molecule has 0 fully saturated rings. The van der Waals surface area contributed by atoms with Crippen LogP contribution in [-0.2, 0) is 9.59 Å². The Bertz CT molecular complexity index is 167. The second kappa shape index (κ2) is 3.92. The van der Waals surface area contributed by atoms with E-state index in [-0.39, 0.29) is 0 Å². The van der Waals surface area contributed by atoms with Crippen molar-refractivity contribution in [2.24, 2.45) is 5.73 Å². The number of nitrogens with two attached hydrogens (primary N) is 1. The molecule has 0 rings (SSSR count). The van der Waals surface area contributed by atoms with Gasteiger partial charge in [0.05, 0.1) is 6.04 Å². The molecule has 0 aliphatic carbocycles. The maximum absolute atomic E-state index is 10.8. The number of rotatable bonds is 3. The third-order valence-corrected chi connectivity index (χ3v) is 1.14. The highest BCUT2D eigenvalue weighted by Crippen LogP contribution is 1.83. The maximum Gasteiger partial charge on any atom is 0.325 e. The molecule has 0 unspecified atom stereocenters. The summed E-state index contributed by atoms with van der Waals surface area (Å²) < 4.78 is 0. The fourth-order valence-electron chi connectivity index (χ4n) is 0.407. The molecule has 0 heterocycles. The molecule has 5 nitrogen and oxygen atoms in total. The van der Waals surface area contributed by atoms with E-state index < -0.39 is 24.0 Å². The largest absolute Gasteiger partial charge is 0.480 e. The Hall–Kier alpha value is -1.10. The molecule has 0 radical (unpaired) electrons. The van der Waals surface area contributed by atoms with E-state index in [0.29, 0.717) is 0 Å². The summed E-state index contributed by atoms with van der Waals surface area (Å²) in [5.74, 6) is -1.53. The van der Waals surface area contributed by atoms with Gasteiger partial charge in [-0.3, -0.25) is 9.59 Å². The molecule has 1 amide bonds. The lowest BCUT2D eigenvalue weighted by molar-refractivity contribution is -0.141. The molecule has 0 aromatic heterocycles. The Morgan fingerprint density at radius 1 is 1.45 bits per heavy atom. The van der Waals surface area contributed by atoms with E-state index >= 15 is 0 Å². The average molecular weight is 161 g/mol. The quantitative estimate of drug-likeness (QED) is 0.459. The van der Waals surface area contributed by atoms with Crippen molar-refractivity contribution >= 4 is 11.9 Å². The van der Waals surface area contributed by atoms with E-state index in [1.54, 1.807) is 0 Å². The van der Waals surface area contributed by atoms with Crippen LogP contribution in [0.3, 0.4) is 0 Å². The average Bonchev–Trinajstić information content (AvgIpc) is 1.87. The first kappa shape index (κ1) is 9.90. The number of carboxylic acids is 1. The zero-order chi connectivity index (χ0) is 9.02. The Balaban J connectivity index is 3.85. The van der Waals surface area contributed by atoms with E-state index in [4.69, 9.17) is 10.8 Å². The standard InChI is InChI=1S/C6H12N2O3/c1-3(7)5(9)8-4(2)6(10)11/h3-4H,7H2,1-2H3,(H,8,9)(H,10,11)/t3-,4-/m0/s1/i6+1. The number of amides is 1. The normalized spacial score (nSPS) is 15.2. The number of carboxylic acid groups (broad SMARTS) is 1. The molecule has 0 aromatic carbocycles. The van der Waals surface area contributed by atoms with Crippen molar-refractivity contribution in [2.45, 2.75) is 25.9 Å². The van der Waals surface area contributed by atoms with Gasteiger partial charge >= 0.3 is 5.97 Å². The topological polar surface area (TPSA) is 92.4 Å². The van der Waals surface area contributed by atoms with Gasteiger partial charge in [-0.1, -0.05) is 0 Å². The molecule has 0 saturated carbocycles. The van der Waals surface area contributed by atoms with Crippen molar-refractivity contribution in [1.82, 2.24) is 5.32 Å². The van der Waals surface area contributed by atoms with Crippen LogP contribution in [-0.4, -0.2) is 29.1 Å². The third-order valence-electron chi connectivity index (χ3n) is 1.14. The maximum atomic E-state index is 10.8. The van der Waals surface area contributed by atoms with Crippen LogP contribution >= 0.6 is 0 Å². The minimum atomic E-state index is -1.07. The SMILES string of the molecule is C[C@H](N)C(=O)N[C@@H](C)[13C](=O)O. The van der Waals surface area contributed by atoms with Gasteiger partial charge in [0.1, 0.15) is 6.04 Å². The predicted molar refractivity (Wildman–Crippen MR) is 38.9 cm³/mol. The van der Waals surface area contributed by atoms with Crippen LogP contribution in [0.1, 0.15) is 13.8 Å². The van der Waals surface area contributed by atoms with Crippen molar-refractivity contribution < 1.29 is 14.7 Å². The van der Waals surface area contributed by atoms with E-state index in [1.807, 2.05) is 0 Å². The number of hydrogen-bond acceptors (Lipinski definition) is 3. The third kappa shape index (κ3) is 3.57. The van der Waals surface area contributed by atoms with Crippen LogP contribution in [0.5, 0.6) is 0 Å². The molecule has 0 aliphatic rings. The molecule has 11 heavy (non-hydrogen) atoms. The second-order valence-corrected chi connectivity index (χ2v) is 2.36. The Morgan fingerprint density at radius 3 is 2.18 bits per heavy atom. The van der Waals surface area contributed by atoms with Gasteiger partial charge in [-0.25, -0.2) is 0 Å². The van der Waals surface area contributed by atoms with Crippen LogP contribution in [0, 0.1) is 0 Å². The molecule has 0 saturated heterocycles. The Labute approximate surface area is 64.6 Å². The first-order valence-electron chi connectivity index (χ1n) is 3.24. The minimum Gasteiger partial charge on any atom is -0.480 e. The van der Waals surface area contributed by atoms with Crippen LogP contribution in [0.4, 0.5) is 0 Å². The molecular formula is C6H12N2O3. The molecular weight excluding hydrogens is 149 g/mol. The van der Waals surface area contributed by atoms with Crippen molar-refractivity contribution in [3.63, 3.8) is 0 Å². The van der Waals surface area contributed by atoms with Crippen LogP contribution in [0.15, 0.2) is 0 Å². The lowest BCUT2D eigenvalue weighted by atomic mass is 10.3. The summed E-state index contributed by atoms with van der Waals surface area (Å²) in [6, 6.07) is -1.55. The van der Waals surface area contributed by atoms with Crippen molar-refractivity contribution in [2.75, 3.05) is 0 Å². The summed E-state index contributed by atoms with van der Waals surface area (Å²) in [6.45, 7) is 2.87. The molecule has 0 aliphatic heterocycles. The summed E-state index contributed by atoms with van der Waals surface area (Å²) in [7, 11) is 0. The van der Waals surface area contributed by atoms with Gasteiger partial charge in [-0.05, 0) is 13.8 Å². The lowest BCUT2D eigenvalue weighted by Gasteiger charge is -2.10. The second-order valence-electron chi connectivity index (χ2n) is 2.36. The number of carbonyl (C=O) groups is 2. The summed E-state index contributed by atoms with van der Waals surface area (Å²) in [5, 5.41) is 10.6. The highest BCUT2D eigenvalue weighted by atomic mass is 16.5. The number of carbonyl (C=O) groups excluding carboxylic acids is 1. The van der Waals surface area contributed by atoms with Crippen LogP contribution < -0.4 is 11.1 Å². The van der Waals surface area contributed by atoms with Gasteiger partial charge in [0.15, 0.2) is 0 Å². The Kier molecular flexibility index (Phi) is 3.53. The summed E-state index contributed by atoms with van der Waals surface area (Å²) in [6.07, 6.45) is 0. The Morgan fingerprint density at radius 2 is 1.91 bits per heavy atom. The van der Waals surface area contributed by atoms with E-state index in [9.17, 15) is 9.59 Å². The summed E-state index contributed by atoms with van der Waals surface area (Å²) in [4.78, 5) is 21.0. The van der Waals surface area contributed by atoms with E-state index in [2.05, 4.69) is 5.32 Å². The van der Waals surface area contributed by atoms with Gasteiger partial charge in [0.2, 0.25) is 5.91 Å². The zero-order valence-corrected chi connectivity index (χ0v) is 6.50. The van der Waals surface area contributed by atoms with Gasteiger partial charge in [0, 0.05) is 0 Å². The van der Waals surface area contributed by atoms with Crippen LogP contribution in [0.25, 0.3) is 0 Å². The fraction of sp³-hybridized carbons (Fsp3) is 0.667. The number of aliphatic carboxylic acids is 1. The first-order valence-corrected chi connectivity index (χ1v) is 3.24. The van der Waals surface area contributed by atoms with Gasteiger partial charge in [-0.15, -0.1) is 0 Å². The van der Waals surface area contributed by atoms with Gasteiger partial charge in [0.25, 0.3) is 0 Å². The molecule has 2 atom stereocenters. The first-order chi connectivity index (χ1) is 4.95. The van der Waals surface area contributed by atoms with Gasteiger partial charge in [-0.2, -0.15) is 0 Å². The minimum absolute atomic E-state index is 0.458. The molecule has 0 aromatic rings. The number of hydrogen-bond donors (Lipinski definition) is 3. The van der Waals surface area contributed by atoms with E-state index in [0.717, 1.165) is 0 Å². The van der Waals surface area contributed by atoms with Gasteiger partial charge < -0.3 is 16.2 Å². The number of nitrogens with one attached hydrogen (secondary N) is 1. The molecule has 64 valence electrons. The monoisotopic (exact) mass is 161 g/mol. The highest BCUT2D eigenvalue weighted by molar-refractivity contribution is 5.86. The van der Waals surface area contributed by atoms with Crippen molar-refractivity contribution in [3.05, 3.63) is 0 Å². The molecule has 5 heteroatoms. The van der Waals surface area contributed by atoms with E-state index in [1.165, 1.54) is 13.8 Å². The van der Waals surface area contributed by atoms with Crippen molar-refractivity contribution in [1.29, 1.82) is 0 Å². The fourth-order valence-corrected chi connectivity index (χ4v) is 0.407. The van der Waals surface area contributed by atoms with Crippen molar-refractivity contribution in [3.8, 4) is 0 Å². The predicted octanol–water partition coefficient (Wildman–Crippen LogP) is -1.08. The molecule has 4 N–H and O–H groups in total. The molecule has 0 bridgehead atoms. The zero-order valence-electron chi connectivity index (χ0n) is 6.50. The lowest BCUT2D eigenvalue weighted by Crippen LogP contribution is -2.45. The summed E-state index contributed by atoms with van der Waals surface area (Å²) >= 11 is 0.